The van der Waals surface area contributed by atoms with Crippen molar-refractivity contribution in [2.24, 2.45) is 5.92 Å². The van der Waals surface area contributed by atoms with E-state index in [-0.39, 0.29) is 23.9 Å². The normalized spacial score (nSPS) is 24.6. The number of piperidine rings is 1. The minimum Gasteiger partial charge on any atom is -0.393 e. The molecule has 0 saturated carbocycles. The molecule has 5 rings (SSSR count). The number of rotatable bonds is 3. The molecule has 2 aliphatic heterocycles. The Hall–Kier alpha value is -2.63. The molecule has 0 unspecified atom stereocenters. The number of H-pyrrole nitrogens is 1. The number of amides is 1. The Kier molecular flexibility index (Phi) is 4.68. The topological polar surface area (TPSA) is 68.4 Å². The summed E-state index contributed by atoms with van der Waals surface area (Å²) in [5.74, 6) is -0.330. The first kappa shape index (κ1) is 19.3. The van der Waals surface area contributed by atoms with Crippen molar-refractivity contribution in [2.75, 3.05) is 13.6 Å². The highest BCUT2D eigenvalue weighted by Gasteiger charge is 2.46. The molecule has 5 nitrogen and oxygen atoms in total. The molecule has 2 aliphatic rings. The van der Waals surface area contributed by atoms with E-state index >= 15 is 0 Å². The summed E-state index contributed by atoms with van der Waals surface area (Å²) in [4.78, 5) is 18.9. The maximum Gasteiger partial charge on any atom is 0.230 e. The fourth-order valence-electron chi connectivity index (χ4n) is 5.54. The van der Waals surface area contributed by atoms with E-state index in [1.165, 1.54) is 27.6 Å². The monoisotopic (exact) mass is 403 g/mol. The minimum absolute atomic E-state index is 0.0199. The van der Waals surface area contributed by atoms with E-state index in [0.29, 0.717) is 6.54 Å². The lowest BCUT2D eigenvalue weighted by Crippen LogP contribution is -2.58. The van der Waals surface area contributed by atoms with Gasteiger partial charge in [0.2, 0.25) is 5.91 Å². The van der Waals surface area contributed by atoms with Crippen LogP contribution in [-0.4, -0.2) is 46.6 Å². The van der Waals surface area contributed by atoms with Gasteiger partial charge >= 0.3 is 0 Å². The van der Waals surface area contributed by atoms with Crippen LogP contribution in [0.15, 0.2) is 42.5 Å². The Morgan fingerprint density at radius 1 is 1.23 bits per heavy atom. The van der Waals surface area contributed by atoms with E-state index in [9.17, 15) is 9.90 Å². The quantitative estimate of drug-likeness (QED) is 0.626. The van der Waals surface area contributed by atoms with Gasteiger partial charge in [-0.2, -0.15) is 0 Å². The zero-order valence-electron chi connectivity index (χ0n) is 17.8. The Morgan fingerprint density at radius 2 is 2.03 bits per heavy atom. The number of benzene rings is 2. The molecule has 1 fully saturated rings. The second kappa shape index (κ2) is 7.25. The van der Waals surface area contributed by atoms with Gasteiger partial charge in [0.1, 0.15) is 0 Å². The summed E-state index contributed by atoms with van der Waals surface area (Å²) in [7, 11) is 1.88. The highest BCUT2D eigenvalue weighted by atomic mass is 16.3. The Bertz CT molecular complexity index is 1120. The zero-order chi connectivity index (χ0) is 21.0. The van der Waals surface area contributed by atoms with Gasteiger partial charge in [0.25, 0.3) is 0 Å². The van der Waals surface area contributed by atoms with Crippen molar-refractivity contribution in [3.8, 4) is 11.1 Å². The van der Waals surface area contributed by atoms with E-state index in [0.717, 1.165) is 24.1 Å². The molecule has 30 heavy (non-hydrogen) atoms. The molecule has 156 valence electrons. The number of hydrogen-bond acceptors (Lipinski definition) is 3. The number of aryl methyl sites for hydroxylation is 1. The Morgan fingerprint density at radius 3 is 2.77 bits per heavy atom. The van der Waals surface area contributed by atoms with Gasteiger partial charge in [0.05, 0.1) is 23.6 Å². The highest BCUT2D eigenvalue weighted by Crippen LogP contribution is 2.43. The van der Waals surface area contributed by atoms with Crippen molar-refractivity contribution in [1.82, 2.24) is 15.2 Å². The number of carbonyl (C=O) groups is 1. The first-order valence-electron chi connectivity index (χ1n) is 10.9. The predicted molar refractivity (Wildman–Crippen MR) is 119 cm³/mol. The third-order valence-electron chi connectivity index (χ3n) is 6.99. The second-order valence-electron chi connectivity index (χ2n) is 8.81. The number of nitrogens with one attached hydrogen (secondary N) is 2. The van der Waals surface area contributed by atoms with Gasteiger partial charge in [-0.05, 0) is 44.9 Å². The van der Waals surface area contributed by atoms with Gasteiger partial charge in [-0.15, -0.1) is 0 Å². The van der Waals surface area contributed by atoms with Crippen molar-refractivity contribution >= 4 is 16.8 Å². The predicted octanol–water partition coefficient (Wildman–Crippen LogP) is 3.56. The number of nitrogens with zero attached hydrogens (tertiary/aromatic N) is 1. The van der Waals surface area contributed by atoms with Crippen LogP contribution in [0.1, 0.15) is 36.2 Å². The summed E-state index contributed by atoms with van der Waals surface area (Å²) in [6.45, 7) is 4.54. The third kappa shape index (κ3) is 2.88. The zero-order valence-corrected chi connectivity index (χ0v) is 17.8. The van der Waals surface area contributed by atoms with Crippen LogP contribution in [0.5, 0.6) is 0 Å². The number of aromatic amines is 1. The van der Waals surface area contributed by atoms with Crippen LogP contribution in [0.3, 0.4) is 0 Å². The fourth-order valence-corrected chi connectivity index (χ4v) is 5.54. The number of aliphatic hydroxyl groups excluding tert-OH is 1. The number of aromatic nitrogens is 1. The summed E-state index contributed by atoms with van der Waals surface area (Å²) in [6.07, 6.45) is 0.983. The number of para-hydroxylation sites is 1. The largest absolute Gasteiger partial charge is 0.393 e. The van der Waals surface area contributed by atoms with E-state index in [1.807, 2.05) is 11.9 Å². The van der Waals surface area contributed by atoms with Gasteiger partial charge in [0.15, 0.2) is 0 Å². The lowest BCUT2D eigenvalue weighted by molar-refractivity contribution is -0.149. The van der Waals surface area contributed by atoms with E-state index in [2.05, 4.69) is 59.7 Å². The van der Waals surface area contributed by atoms with Crippen molar-refractivity contribution in [3.63, 3.8) is 0 Å². The average Bonchev–Trinajstić information content (AvgIpc) is 3.12. The number of carbonyl (C=O) groups excluding carboxylic acids is 1. The molecule has 0 aliphatic carbocycles. The molecule has 1 amide bonds. The molecule has 3 heterocycles. The van der Waals surface area contributed by atoms with Crippen LogP contribution in [0.25, 0.3) is 22.0 Å². The molecule has 5 heteroatoms. The molecule has 0 bridgehead atoms. The van der Waals surface area contributed by atoms with E-state index in [4.69, 9.17) is 0 Å². The first-order valence-corrected chi connectivity index (χ1v) is 10.9. The Balaban J connectivity index is 1.63. The smallest absolute Gasteiger partial charge is 0.230 e. The van der Waals surface area contributed by atoms with Crippen molar-refractivity contribution in [1.29, 1.82) is 0 Å². The summed E-state index contributed by atoms with van der Waals surface area (Å²) in [5, 5.41) is 14.8. The molecule has 3 aromatic rings. The summed E-state index contributed by atoms with van der Waals surface area (Å²) >= 11 is 0. The van der Waals surface area contributed by atoms with Crippen molar-refractivity contribution in [2.45, 2.75) is 44.9 Å². The summed E-state index contributed by atoms with van der Waals surface area (Å²) < 4.78 is 0. The lowest BCUT2D eigenvalue weighted by atomic mass is 9.80. The van der Waals surface area contributed by atoms with Gasteiger partial charge in [0, 0.05) is 29.2 Å². The van der Waals surface area contributed by atoms with Crippen LogP contribution < -0.4 is 5.32 Å². The molecule has 4 atom stereocenters. The molecular weight excluding hydrogens is 374 g/mol. The molecule has 1 saturated heterocycles. The van der Waals surface area contributed by atoms with Crippen LogP contribution in [0.2, 0.25) is 0 Å². The molecule has 1 aromatic heterocycles. The average molecular weight is 404 g/mol. The number of hydrogen-bond donors (Lipinski definition) is 3. The Labute approximate surface area is 177 Å². The fraction of sp³-hybridized carbons (Fsp3) is 0.400. The molecular formula is C25H29N3O2. The van der Waals surface area contributed by atoms with Crippen LogP contribution in [0, 0.1) is 12.8 Å². The van der Waals surface area contributed by atoms with Gasteiger partial charge in [-0.25, -0.2) is 0 Å². The van der Waals surface area contributed by atoms with Crippen molar-refractivity contribution < 1.29 is 9.90 Å². The van der Waals surface area contributed by atoms with Gasteiger partial charge < -0.3 is 20.3 Å². The molecule has 2 aromatic carbocycles. The summed E-state index contributed by atoms with van der Waals surface area (Å²) in [5.41, 5.74) is 7.30. The first-order chi connectivity index (χ1) is 14.5. The SMILES string of the molecule is CN[C@H]1C[C@H]2c3[nH]c4c(-c5cccc(C)c5)cccc4c3CCN2C(=O)[C@H]1[C@H](C)O. The van der Waals surface area contributed by atoms with Gasteiger partial charge in [-0.3, -0.25) is 4.79 Å². The summed E-state index contributed by atoms with van der Waals surface area (Å²) in [6, 6.07) is 15.1. The molecule has 0 spiro atoms. The lowest BCUT2D eigenvalue weighted by Gasteiger charge is -2.46. The number of fused-ring (bicyclic) bond motifs is 5. The van der Waals surface area contributed by atoms with E-state index in [1.54, 1.807) is 6.92 Å². The van der Waals surface area contributed by atoms with Gasteiger partial charge in [-0.1, -0.05) is 48.0 Å². The standard InChI is InChI=1S/C25H29N3O2/c1-14-6-4-7-16(12-14)17-8-5-9-18-19-10-11-28-21(24(19)27-23(17)18)13-20(26-3)22(15(2)29)25(28)30/h4-9,12,15,20-22,26-27,29H,10-11,13H2,1-3H3/t15-,20-,21-,22-/m0/s1. The molecule has 0 radical (unpaired) electrons. The van der Waals surface area contributed by atoms with Crippen LogP contribution >= 0.6 is 0 Å². The third-order valence-corrected chi connectivity index (χ3v) is 6.99. The second-order valence-corrected chi connectivity index (χ2v) is 8.81. The van der Waals surface area contributed by atoms with Crippen LogP contribution in [0.4, 0.5) is 0 Å². The van der Waals surface area contributed by atoms with E-state index < -0.39 is 6.10 Å². The minimum atomic E-state index is -0.659. The van der Waals surface area contributed by atoms with Crippen molar-refractivity contribution in [3.05, 3.63) is 59.3 Å². The maximum absolute atomic E-state index is 13.2. The van der Waals surface area contributed by atoms with Crippen LogP contribution in [-0.2, 0) is 11.2 Å². The number of aliphatic hydroxyl groups is 1. The highest BCUT2D eigenvalue weighted by molar-refractivity contribution is 5.97. The maximum atomic E-state index is 13.2. The molecule has 3 N–H and O–H groups in total.